The number of ether oxygens (including phenoxy) is 1. The average Bonchev–Trinajstić information content (AvgIpc) is 3.05. The predicted octanol–water partition coefficient (Wildman–Crippen LogP) is 3.82. The highest BCUT2D eigenvalue weighted by Crippen LogP contribution is 2.22. The van der Waals surface area contributed by atoms with E-state index in [1.807, 2.05) is 24.3 Å². The Labute approximate surface area is 172 Å². The minimum atomic E-state index is -3.54. The van der Waals surface area contributed by atoms with Gasteiger partial charge in [0.15, 0.2) is 5.70 Å². The van der Waals surface area contributed by atoms with E-state index in [0.717, 1.165) is 10.0 Å². The van der Waals surface area contributed by atoms with Crippen molar-refractivity contribution < 1.29 is 17.9 Å². The monoisotopic (exact) mass is 462 g/mol. The fourth-order valence-corrected chi connectivity index (χ4v) is 4.45. The van der Waals surface area contributed by atoms with Crippen molar-refractivity contribution in [1.82, 2.24) is 4.31 Å². The molecule has 8 heteroatoms. The standard InChI is InChI=1S/C20H19BrN2O4S/c1-3-23(4-2)28(25,26)17-11-7-15(8-12-17)19-22-18(20(24)27-19)13-14-5-9-16(21)10-6-14/h5-13H,3-4H2,1-2H3. The van der Waals surface area contributed by atoms with Gasteiger partial charge in [0.1, 0.15) is 0 Å². The van der Waals surface area contributed by atoms with E-state index < -0.39 is 16.0 Å². The van der Waals surface area contributed by atoms with Crippen molar-refractivity contribution in [3.63, 3.8) is 0 Å². The zero-order valence-corrected chi connectivity index (χ0v) is 17.8. The number of benzene rings is 2. The van der Waals surface area contributed by atoms with Crippen LogP contribution >= 0.6 is 15.9 Å². The molecule has 2 aromatic rings. The van der Waals surface area contributed by atoms with E-state index in [4.69, 9.17) is 4.74 Å². The van der Waals surface area contributed by atoms with E-state index in [1.165, 1.54) is 16.4 Å². The molecule has 6 nitrogen and oxygen atoms in total. The lowest BCUT2D eigenvalue weighted by molar-refractivity contribution is -0.129. The molecule has 0 amide bonds. The molecule has 1 heterocycles. The molecule has 146 valence electrons. The highest BCUT2D eigenvalue weighted by Gasteiger charge is 2.26. The number of sulfonamides is 1. The molecule has 1 aliphatic rings. The highest BCUT2D eigenvalue weighted by atomic mass is 79.9. The lowest BCUT2D eigenvalue weighted by Crippen LogP contribution is -2.30. The summed E-state index contributed by atoms with van der Waals surface area (Å²) in [6.45, 7) is 4.38. The quantitative estimate of drug-likeness (QED) is 0.482. The van der Waals surface area contributed by atoms with Crippen molar-refractivity contribution >= 4 is 43.9 Å². The van der Waals surface area contributed by atoms with Gasteiger partial charge in [0, 0.05) is 23.1 Å². The van der Waals surface area contributed by atoms with Crippen LogP contribution in [0.3, 0.4) is 0 Å². The SMILES string of the molecule is CCN(CC)S(=O)(=O)c1ccc(C2=NC(=Cc3ccc(Br)cc3)C(=O)O2)cc1. The summed E-state index contributed by atoms with van der Waals surface area (Å²) in [5.74, 6) is -0.391. The van der Waals surface area contributed by atoms with Crippen LogP contribution in [0.2, 0.25) is 0 Å². The Bertz CT molecular complexity index is 1040. The molecule has 1 aliphatic heterocycles. The maximum absolute atomic E-state index is 12.6. The molecule has 0 unspecified atom stereocenters. The molecule has 0 N–H and O–H groups in total. The molecule has 2 aromatic carbocycles. The summed E-state index contributed by atoms with van der Waals surface area (Å²) in [5, 5.41) is 0. The van der Waals surface area contributed by atoms with Crippen molar-refractivity contribution in [3.05, 3.63) is 69.8 Å². The van der Waals surface area contributed by atoms with E-state index in [-0.39, 0.29) is 16.5 Å². The number of hydrogen-bond acceptors (Lipinski definition) is 5. The van der Waals surface area contributed by atoms with Crippen LogP contribution in [0, 0.1) is 0 Å². The molecular formula is C20H19BrN2O4S. The lowest BCUT2D eigenvalue weighted by atomic mass is 10.2. The Morgan fingerprint density at radius 3 is 2.21 bits per heavy atom. The third-order valence-corrected chi connectivity index (χ3v) is 6.83. The van der Waals surface area contributed by atoms with Gasteiger partial charge in [-0.1, -0.05) is 41.9 Å². The number of hydrogen-bond donors (Lipinski definition) is 0. The Balaban J connectivity index is 1.86. The molecular weight excluding hydrogens is 444 g/mol. The van der Waals surface area contributed by atoms with E-state index in [1.54, 1.807) is 32.1 Å². The van der Waals surface area contributed by atoms with Crippen LogP contribution in [-0.2, 0) is 19.6 Å². The summed E-state index contributed by atoms with van der Waals surface area (Å²) in [4.78, 5) is 16.5. The van der Waals surface area contributed by atoms with Crippen LogP contribution < -0.4 is 0 Å². The van der Waals surface area contributed by atoms with E-state index in [2.05, 4.69) is 20.9 Å². The van der Waals surface area contributed by atoms with Crippen LogP contribution in [0.5, 0.6) is 0 Å². The summed E-state index contributed by atoms with van der Waals surface area (Å²) in [6, 6.07) is 13.6. The van der Waals surface area contributed by atoms with Crippen molar-refractivity contribution in [2.24, 2.45) is 4.99 Å². The molecule has 0 saturated heterocycles. The van der Waals surface area contributed by atoms with E-state index in [0.29, 0.717) is 18.7 Å². The molecule has 0 saturated carbocycles. The van der Waals surface area contributed by atoms with E-state index in [9.17, 15) is 13.2 Å². The van der Waals surface area contributed by atoms with Gasteiger partial charge in [0.25, 0.3) is 0 Å². The first-order chi connectivity index (χ1) is 13.3. The van der Waals surface area contributed by atoms with Gasteiger partial charge < -0.3 is 4.74 Å². The summed E-state index contributed by atoms with van der Waals surface area (Å²) < 4.78 is 32.7. The third kappa shape index (κ3) is 4.24. The summed E-state index contributed by atoms with van der Waals surface area (Å²) in [5.41, 5.74) is 1.55. The number of carbonyl (C=O) groups excluding carboxylic acids is 1. The van der Waals surface area contributed by atoms with Gasteiger partial charge >= 0.3 is 5.97 Å². The Kier molecular flexibility index (Phi) is 6.12. The molecule has 28 heavy (non-hydrogen) atoms. The Hall–Kier alpha value is -2.29. The van der Waals surface area contributed by atoms with Crippen LogP contribution in [-0.4, -0.2) is 37.7 Å². The summed E-state index contributed by atoms with van der Waals surface area (Å²) >= 11 is 3.36. The van der Waals surface area contributed by atoms with Crippen LogP contribution in [0.25, 0.3) is 6.08 Å². The molecule has 0 aliphatic carbocycles. The maximum Gasteiger partial charge on any atom is 0.363 e. The van der Waals surface area contributed by atoms with Gasteiger partial charge in [0.2, 0.25) is 15.9 Å². The highest BCUT2D eigenvalue weighted by molar-refractivity contribution is 9.10. The van der Waals surface area contributed by atoms with Gasteiger partial charge in [0.05, 0.1) is 4.90 Å². The number of cyclic esters (lactones) is 1. The minimum Gasteiger partial charge on any atom is -0.402 e. The van der Waals surface area contributed by atoms with E-state index >= 15 is 0 Å². The second kappa shape index (κ2) is 8.38. The fraction of sp³-hybridized carbons (Fsp3) is 0.200. The smallest absolute Gasteiger partial charge is 0.363 e. The first-order valence-corrected chi connectivity index (χ1v) is 11.0. The zero-order valence-electron chi connectivity index (χ0n) is 15.4. The van der Waals surface area contributed by atoms with Crippen molar-refractivity contribution in [2.45, 2.75) is 18.7 Å². The maximum atomic E-state index is 12.6. The second-order valence-corrected chi connectivity index (χ2v) is 8.85. The predicted molar refractivity (Wildman–Crippen MR) is 111 cm³/mol. The molecule has 0 radical (unpaired) electrons. The third-order valence-electron chi connectivity index (χ3n) is 4.24. The molecule has 0 spiro atoms. The summed E-state index contributed by atoms with van der Waals surface area (Å²) in [6.07, 6.45) is 1.64. The Morgan fingerprint density at radius 1 is 1.04 bits per heavy atom. The first-order valence-electron chi connectivity index (χ1n) is 8.74. The van der Waals surface area contributed by atoms with Crippen LogP contribution in [0.15, 0.2) is 68.6 Å². The largest absolute Gasteiger partial charge is 0.402 e. The molecule has 0 atom stereocenters. The topological polar surface area (TPSA) is 76.0 Å². The number of aliphatic imine (C=N–C) groups is 1. The fourth-order valence-electron chi connectivity index (χ4n) is 2.73. The van der Waals surface area contributed by atoms with Crippen LogP contribution in [0.1, 0.15) is 25.0 Å². The number of halogens is 1. The first kappa shape index (κ1) is 20.4. The average molecular weight is 463 g/mol. The second-order valence-electron chi connectivity index (χ2n) is 6.00. The van der Waals surface area contributed by atoms with Crippen LogP contribution in [0.4, 0.5) is 0 Å². The van der Waals surface area contributed by atoms with Crippen molar-refractivity contribution in [2.75, 3.05) is 13.1 Å². The van der Waals surface area contributed by atoms with Gasteiger partial charge in [-0.15, -0.1) is 0 Å². The summed E-state index contributed by atoms with van der Waals surface area (Å²) in [7, 11) is -3.54. The molecule has 0 fully saturated rings. The zero-order chi connectivity index (χ0) is 20.3. The van der Waals surface area contributed by atoms with Crippen molar-refractivity contribution in [3.8, 4) is 0 Å². The van der Waals surface area contributed by atoms with Gasteiger partial charge in [-0.3, -0.25) is 0 Å². The number of carbonyl (C=O) groups is 1. The van der Waals surface area contributed by atoms with Gasteiger partial charge in [-0.2, -0.15) is 4.31 Å². The minimum absolute atomic E-state index is 0.153. The van der Waals surface area contributed by atoms with Crippen molar-refractivity contribution in [1.29, 1.82) is 0 Å². The number of esters is 1. The Morgan fingerprint density at radius 2 is 1.64 bits per heavy atom. The van der Waals surface area contributed by atoms with Gasteiger partial charge in [-0.25, -0.2) is 18.2 Å². The molecule has 0 bridgehead atoms. The normalized spacial score (nSPS) is 15.8. The number of nitrogens with zero attached hydrogens (tertiary/aromatic N) is 2. The number of rotatable bonds is 6. The lowest BCUT2D eigenvalue weighted by Gasteiger charge is -2.18. The molecule has 0 aromatic heterocycles. The molecule has 3 rings (SSSR count). The van der Waals surface area contributed by atoms with Gasteiger partial charge in [-0.05, 0) is 48.0 Å².